The van der Waals surface area contributed by atoms with Crippen molar-refractivity contribution in [2.75, 3.05) is 13.7 Å². The molecule has 0 saturated heterocycles. The van der Waals surface area contributed by atoms with Gasteiger partial charge in [-0.1, -0.05) is 32.0 Å². The Morgan fingerprint density at radius 3 is 2.58 bits per heavy atom. The summed E-state index contributed by atoms with van der Waals surface area (Å²) in [4.78, 5) is 4.71. The lowest BCUT2D eigenvalue weighted by Gasteiger charge is -2.13. The van der Waals surface area contributed by atoms with Crippen molar-refractivity contribution in [1.29, 1.82) is 0 Å². The molecule has 0 bridgehead atoms. The third-order valence-electron chi connectivity index (χ3n) is 4.40. The summed E-state index contributed by atoms with van der Waals surface area (Å²) in [5.74, 6) is 1.66. The zero-order valence-electron chi connectivity index (χ0n) is 16.6. The highest BCUT2D eigenvalue weighted by molar-refractivity contribution is 5.79. The second-order valence-electron chi connectivity index (χ2n) is 6.06. The molecular formula is C20H31N5O. The molecule has 2 N–H and O–H groups in total. The molecule has 0 fully saturated rings. The smallest absolute Gasteiger partial charge is 0.191 e. The Balaban J connectivity index is 2.13. The van der Waals surface area contributed by atoms with Gasteiger partial charge in [0.25, 0.3) is 0 Å². The van der Waals surface area contributed by atoms with E-state index in [0.29, 0.717) is 6.54 Å². The van der Waals surface area contributed by atoms with Gasteiger partial charge in [-0.05, 0) is 25.8 Å². The van der Waals surface area contributed by atoms with Crippen LogP contribution in [0.2, 0.25) is 0 Å². The third-order valence-corrected chi connectivity index (χ3v) is 4.40. The van der Waals surface area contributed by atoms with Crippen molar-refractivity contribution in [3.63, 3.8) is 0 Å². The van der Waals surface area contributed by atoms with Crippen LogP contribution in [0.5, 0.6) is 5.75 Å². The van der Waals surface area contributed by atoms with Gasteiger partial charge in [0.1, 0.15) is 5.75 Å². The fraction of sp³-hybridized carbons (Fsp3) is 0.500. The average Bonchev–Trinajstić information content (AvgIpc) is 2.98. The first kappa shape index (κ1) is 19.8. The molecule has 0 aliphatic rings. The Kier molecular flexibility index (Phi) is 7.51. The van der Waals surface area contributed by atoms with E-state index < -0.39 is 0 Å². The van der Waals surface area contributed by atoms with Gasteiger partial charge in [0.05, 0.1) is 19.3 Å². The number of nitrogens with zero attached hydrogens (tertiary/aromatic N) is 3. The topological polar surface area (TPSA) is 63.5 Å². The second kappa shape index (κ2) is 9.85. The van der Waals surface area contributed by atoms with Crippen molar-refractivity contribution in [2.45, 2.75) is 46.7 Å². The first-order valence-electron chi connectivity index (χ1n) is 9.32. The van der Waals surface area contributed by atoms with Crippen LogP contribution in [0, 0.1) is 0 Å². The SMILES string of the molecule is CCNC(=NCc1ccccc1OC)NCc1c(CC)nn(C)c1CC. The van der Waals surface area contributed by atoms with Crippen molar-refractivity contribution >= 4 is 5.96 Å². The number of guanidine groups is 1. The molecule has 1 aromatic carbocycles. The second-order valence-corrected chi connectivity index (χ2v) is 6.06. The maximum absolute atomic E-state index is 5.41. The number of rotatable bonds is 8. The van der Waals surface area contributed by atoms with Crippen molar-refractivity contribution in [3.05, 3.63) is 46.8 Å². The molecule has 0 aliphatic heterocycles. The fourth-order valence-electron chi connectivity index (χ4n) is 3.11. The summed E-state index contributed by atoms with van der Waals surface area (Å²) in [7, 11) is 3.70. The van der Waals surface area contributed by atoms with E-state index in [9.17, 15) is 0 Å². The van der Waals surface area contributed by atoms with E-state index in [-0.39, 0.29) is 0 Å². The molecule has 142 valence electrons. The van der Waals surface area contributed by atoms with E-state index in [1.165, 1.54) is 11.3 Å². The Hall–Kier alpha value is -2.50. The molecule has 0 amide bonds. The first-order chi connectivity index (χ1) is 12.6. The minimum absolute atomic E-state index is 0.563. The molecule has 0 atom stereocenters. The van der Waals surface area contributed by atoms with Crippen LogP contribution in [0.4, 0.5) is 0 Å². The van der Waals surface area contributed by atoms with Gasteiger partial charge in [0, 0.05) is 37.0 Å². The number of aliphatic imine (C=N–C) groups is 1. The molecule has 0 unspecified atom stereocenters. The van der Waals surface area contributed by atoms with Crippen molar-refractivity contribution in [2.24, 2.45) is 12.0 Å². The van der Waals surface area contributed by atoms with Gasteiger partial charge in [-0.15, -0.1) is 0 Å². The Bertz CT molecular complexity index is 736. The molecule has 0 radical (unpaired) electrons. The summed E-state index contributed by atoms with van der Waals surface area (Å²) in [6.45, 7) is 8.48. The number of benzene rings is 1. The summed E-state index contributed by atoms with van der Waals surface area (Å²) in [5.41, 5.74) is 4.77. The van der Waals surface area contributed by atoms with Crippen molar-refractivity contribution < 1.29 is 4.74 Å². The Morgan fingerprint density at radius 2 is 1.92 bits per heavy atom. The van der Waals surface area contributed by atoms with Gasteiger partial charge in [-0.3, -0.25) is 4.68 Å². The predicted molar refractivity (Wildman–Crippen MR) is 107 cm³/mol. The largest absolute Gasteiger partial charge is 0.496 e. The zero-order chi connectivity index (χ0) is 18.9. The van der Waals surface area contributed by atoms with Crippen molar-refractivity contribution in [1.82, 2.24) is 20.4 Å². The van der Waals surface area contributed by atoms with Crippen LogP contribution in [0.15, 0.2) is 29.3 Å². The highest BCUT2D eigenvalue weighted by atomic mass is 16.5. The van der Waals surface area contributed by atoms with Crippen LogP contribution < -0.4 is 15.4 Å². The number of ether oxygens (including phenoxy) is 1. The summed E-state index contributed by atoms with van der Waals surface area (Å²) in [6, 6.07) is 7.97. The van der Waals surface area contributed by atoms with E-state index in [1.54, 1.807) is 7.11 Å². The molecular weight excluding hydrogens is 326 g/mol. The minimum Gasteiger partial charge on any atom is -0.496 e. The normalized spacial score (nSPS) is 11.5. The van der Waals surface area contributed by atoms with E-state index in [2.05, 4.69) is 36.5 Å². The number of aryl methyl sites for hydroxylation is 2. The third kappa shape index (κ3) is 4.77. The minimum atomic E-state index is 0.563. The van der Waals surface area contributed by atoms with Crippen LogP contribution in [0.3, 0.4) is 0 Å². The number of methoxy groups -OCH3 is 1. The zero-order valence-corrected chi connectivity index (χ0v) is 16.6. The number of nitrogens with one attached hydrogen (secondary N) is 2. The Morgan fingerprint density at radius 1 is 1.15 bits per heavy atom. The van der Waals surface area contributed by atoms with E-state index >= 15 is 0 Å². The molecule has 6 nitrogen and oxygen atoms in total. The van der Waals surface area contributed by atoms with Gasteiger partial charge < -0.3 is 15.4 Å². The molecule has 2 aromatic rings. The molecule has 0 spiro atoms. The predicted octanol–water partition coefficient (Wildman–Crippen LogP) is 2.81. The summed E-state index contributed by atoms with van der Waals surface area (Å²) in [6.07, 6.45) is 1.90. The number of hydrogen-bond donors (Lipinski definition) is 2. The van der Waals surface area contributed by atoms with Crippen LogP contribution in [0.1, 0.15) is 43.3 Å². The van der Waals surface area contributed by atoms with Crippen LogP contribution in [-0.2, 0) is 33.0 Å². The standard InChI is InChI=1S/C20H31N5O/c1-6-17-16(18(7-2)25(4)24-17)14-23-20(21-8-3)22-13-15-11-9-10-12-19(15)26-5/h9-12H,6-8,13-14H2,1-5H3,(H2,21,22,23). The van der Waals surface area contributed by atoms with Gasteiger partial charge in [-0.25, -0.2) is 4.99 Å². The van der Waals surface area contributed by atoms with Crippen molar-refractivity contribution in [3.8, 4) is 5.75 Å². The highest BCUT2D eigenvalue weighted by Crippen LogP contribution is 2.18. The molecule has 6 heteroatoms. The number of para-hydroxylation sites is 1. The van der Waals surface area contributed by atoms with Gasteiger partial charge in [0.2, 0.25) is 0 Å². The van der Waals surface area contributed by atoms with E-state index in [4.69, 9.17) is 9.73 Å². The quantitative estimate of drug-likeness (QED) is 0.563. The van der Waals surface area contributed by atoms with Crippen LogP contribution in [0.25, 0.3) is 0 Å². The van der Waals surface area contributed by atoms with Gasteiger partial charge >= 0.3 is 0 Å². The highest BCUT2D eigenvalue weighted by Gasteiger charge is 2.13. The van der Waals surface area contributed by atoms with Crippen LogP contribution >= 0.6 is 0 Å². The molecule has 1 heterocycles. The fourth-order valence-corrected chi connectivity index (χ4v) is 3.11. The maximum atomic E-state index is 5.41. The van der Waals surface area contributed by atoms with Gasteiger partial charge in [0.15, 0.2) is 5.96 Å². The number of hydrogen-bond acceptors (Lipinski definition) is 3. The first-order valence-corrected chi connectivity index (χ1v) is 9.32. The summed E-state index contributed by atoms with van der Waals surface area (Å²) < 4.78 is 7.40. The van der Waals surface area contributed by atoms with Crippen LogP contribution in [-0.4, -0.2) is 29.4 Å². The molecule has 26 heavy (non-hydrogen) atoms. The lowest BCUT2D eigenvalue weighted by atomic mass is 10.1. The summed E-state index contributed by atoms with van der Waals surface area (Å²) >= 11 is 0. The van der Waals surface area contributed by atoms with E-state index in [0.717, 1.165) is 48.9 Å². The Labute approximate surface area is 156 Å². The lowest BCUT2D eigenvalue weighted by molar-refractivity contribution is 0.410. The number of aromatic nitrogens is 2. The lowest BCUT2D eigenvalue weighted by Crippen LogP contribution is -2.37. The van der Waals surface area contributed by atoms with E-state index in [1.807, 2.05) is 36.0 Å². The molecule has 2 rings (SSSR count). The monoisotopic (exact) mass is 357 g/mol. The maximum Gasteiger partial charge on any atom is 0.191 e. The molecule has 0 aliphatic carbocycles. The molecule has 1 aromatic heterocycles. The molecule has 0 saturated carbocycles. The summed E-state index contributed by atoms with van der Waals surface area (Å²) in [5, 5.41) is 11.4. The van der Waals surface area contributed by atoms with Gasteiger partial charge in [-0.2, -0.15) is 5.10 Å². The average molecular weight is 358 g/mol.